The zero-order valence-electron chi connectivity index (χ0n) is 14.3. The summed E-state index contributed by atoms with van der Waals surface area (Å²) in [5, 5.41) is 8.85. The lowest BCUT2D eigenvalue weighted by atomic mass is 10.1. The van der Waals surface area contributed by atoms with E-state index in [0.29, 0.717) is 18.1 Å². The molecule has 1 fully saturated rings. The molecule has 2 aromatic rings. The molecule has 3 rings (SSSR count). The fourth-order valence-corrected chi connectivity index (χ4v) is 5.54. The van der Waals surface area contributed by atoms with Gasteiger partial charge in [0.15, 0.2) is 20.6 Å². The van der Waals surface area contributed by atoms with Crippen LogP contribution in [0.1, 0.15) is 20.3 Å². The van der Waals surface area contributed by atoms with Crippen molar-refractivity contribution in [1.82, 2.24) is 19.5 Å². The summed E-state index contributed by atoms with van der Waals surface area (Å²) in [6.07, 6.45) is 2.39. The molecule has 0 aromatic carbocycles. The molecule has 0 aliphatic carbocycles. The standard InChI is InChI=1S/C16H22N4O3S2/c1-12(2)9-20(13-6-8-25(22,23)11-13)15(21)10-24-16-18-17-14-5-3-4-7-19(14)16/h3-5,7,12-13H,6,8-11H2,1-2H3/t13-/m1/s1. The highest BCUT2D eigenvalue weighted by Crippen LogP contribution is 2.22. The Balaban J connectivity index is 1.70. The lowest BCUT2D eigenvalue weighted by Gasteiger charge is -2.29. The molecule has 1 atom stereocenters. The van der Waals surface area contributed by atoms with E-state index in [1.807, 2.05) is 42.6 Å². The Morgan fingerprint density at radius 1 is 1.40 bits per heavy atom. The highest BCUT2D eigenvalue weighted by molar-refractivity contribution is 7.99. The number of sulfone groups is 1. The van der Waals surface area contributed by atoms with Gasteiger partial charge in [0.1, 0.15) is 0 Å². The Morgan fingerprint density at radius 2 is 2.20 bits per heavy atom. The Labute approximate surface area is 151 Å². The van der Waals surface area contributed by atoms with Crippen LogP contribution in [0.5, 0.6) is 0 Å². The van der Waals surface area contributed by atoms with E-state index in [1.54, 1.807) is 4.90 Å². The first-order valence-corrected chi connectivity index (χ1v) is 11.1. The predicted octanol–water partition coefficient (Wildman–Crippen LogP) is 1.49. The largest absolute Gasteiger partial charge is 0.338 e. The van der Waals surface area contributed by atoms with Crippen LogP contribution in [0.25, 0.3) is 5.65 Å². The van der Waals surface area contributed by atoms with Gasteiger partial charge in [-0.25, -0.2) is 8.42 Å². The normalized spacial score (nSPS) is 19.6. The average Bonchev–Trinajstić information content (AvgIpc) is 3.13. The van der Waals surface area contributed by atoms with Crippen molar-refractivity contribution >= 4 is 33.2 Å². The maximum absolute atomic E-state index is 12.8. The van der Waals surface area contributed by atoms with Crippen LogP contribution >= 0.6 is 11.8 Å². The molecule has 0 bridgehead atoms. The third-order valence-electron chi connectivity index (χ3n) is 4.14. The molecule has 0 saturated carbocycles. The molecule has 1 saturated heterocycles. The number of rotatable bonds is 6. The molecule has 2 aromatic heterocycles. The summed E-state index contributed by atoms with van der Waals surface area (Å²) >= 11 is 1.33. The summed E-state index contributed by atoms with van der Waals surface area (Å²) in [5.74, 6) is 0.699. The molecule has 0 N–H and O–H groups in total. The van der Waals surface area contributed by atoms with Crippen LogP contribution in [-0.2, 0) is 14.6 Å². The summed E-state index contributed by atoms with van der Waals surface area (Å²) in [6, 6.07) is 5.41. The van der Waals surface area contributed by atoms with E-state index in [0.717, 1.165) is 5.65 Å². The van der Waals surface area contributed by atoms with Gasteiger partial charge in [0, 0.05) is 18.8 Å². The van der Waals surface area contributed by atoms with Gasteiger partial charge >= 0.3 is 0 Å². The molecular weight excluding hydrogens is 360 g/mol. The van der Waals surface area contributed by atoms with E-state index in [-0.39, 0.29) is 35.1 Å². The molecule has 0 unspecified atom stereocenters. The fourth-order valence-electron chi connectivity index (χ4n) is 3.00. The average molecular weight is 383 g/mol. The minimum absolute atomic E-state index is 0.0477. The van der Waals surface area contributed by atoms with Gasteiger partial charge in [-0.3, -0.25) is 9.20 Å². The number of thioether (sulfide) groups is 1. The molecule has 3 heterocycles. The SMILES string of the molecule is CC(C)CN(C(=O)CSc1nnc2ccccn12)[C@@H]1CCS(=O)(=O)C1. The Hall–Kier alpha value is -1.61. The van der Waals surface area contributed by atoms with Crippen LogP contribution in [0.4, 0.5) is 0 Å². The van der Waals surface area contributed by atoms with Gasteiger partial charge in [0.2, 0.25) is 5.91 Å². The summed E-state index contributed by atoms with van der Waals surface area (Å²) in [6.45, 7) is 4.63. The van der Waals surface area contributed by atoms with Crippen LogP contribution in [0.3, 0.4) is 0 Å². The summed E-state index contributed by atoms with van der Waals surface area (Å²) in [7, 11) is -3.02. The van der Waals surface area contributed by atoms with E-state index in [2.05, 4.69) is 10.2 Å². The fraction of sp³-hybridized carbons (Fsp3) is 0.562. The van der Waals surface area contributed by atoms with Gasteiger partial charge in [-0.2, -0.15) is 0 Å². The lowest BCUT2D eigenvalue weighted by Crippen LogP contribution is -2.44. The molecule has 1 aliphatic heterocycles. The minimum atomic E-state index is -3.02. The number of pyridine rings is 1. The van der Waals surface area contributed by atoms with Crippen LogP contribution in [-0.4, -0.2) is 63.7 Å². The predicted molar refractivity (Wildman–Crippen MR) is 97.3 cm³/mol. The zero-order valence-corrected chi connectivity index (χ0v) is 16.0. The van der Waals surface area contributed by atoms with Crippen LogP contribution in [0.15, 0.2) is 29.6 Å². The number of carbonyl (C=O) groups excluding carboxylic acids is 1. The van der Waals surface area contributed by atoms with Crippen LogP contribution < -0.4 is 0 Å². The number of aromatic nitrogens is 3. The summed E-state index contributed by atoms with van der Waals surface area (Å²) in [5.41, 5.74) is 0.735. The van der Waals surface area contributed by atoms with Crippen molar-refractivity contribution in [3.05, 3.63) is 24.4 Å². The second-order valence-corrected chi connectivity index (χ2v) is 9.87. The number of hydrogen-bond donors (Lipinski definition) is 0. The van der Waals surface area contributed by atoms with Crippen molar-refractivity contribution in [1.29, 1.82) is 0 Å². The Morgan fingerprint density at radius 3 is 2.88 bits per heavy atom. The van der Waals surface area contributed by atoms with E-state index < -0.39 is 9.84 Å². The number of hydrogen-bond acceptors (Lipinski definition) is 6. The smallest absolute Gasteiger partial charge is 0.233 e. The van der Waals surface area contributed by atoms with Crippen molar-refractivity contribution in [2.45, 2.75) is 31.5 Å². The highest BCUT2D eigenvalue weighted by atomic mass is 32.2. The molecule has 25 heavy (non-hydrogen) atoms. The first-order chi connectivity index (χ1) is 11.9. The van der Waals surface area contributed by atoms with Crippen LogP contribution in [0.2, 0.25) is 0 Å². The quantitative estimate of drug-likeness (QED) is 0.704. The van der Waals surface area contributed by atoms with E-state index in [1.165, 1.54) is 11.8 Å². The van der Waals surface area contributed by atoms with Gasteiger partial charge in [-0.05, 0) is 24.5 Å². The Kier molecular flexibility index (Phi) is 5.33. The van der Waals surface area contributed by atoms with Crippen molar-refractivity contribution in [2.75, 3.05) is 23.8 Å². The van der Waals surface area contributed by atoms with Gasteiger partial charge in [0.05, 0.1) is 17.3 Å². The first kappa shape index (κ1) is 18.2. The molecule has 0 radical (unpaired) electrons. The monoisotopic (exact) mass is 382 g/mol. The van der Waals surface area contributed by atoms with E-state index >= 15 is 0 Å². The second-order valence-electron chi connectivity index (χ2n) is 6.70. The topological polar surface area (TPSA) is 84.6 Å². The van der Waals surface area contributed by atoms with Gasteiger partial charge in [-0.15, -0.1) is 10.2 Å². The van der Waals surface area contributed by atoms with Crippen molar-refractivity contribution in [2.24, 2.45) is 5.92 Å². The maximum Gasteiger partial charge on any atom is 0.233 e. The summed E-state index contributed by atoms with van der Waals surface area (Å²) < 4.78 is 25.4. The minimum Gasteiger partial charge on any atom is -0.338 e. The zero-order chi connectivity index (χ0) is 18.0. The van der Waals surface area contributed by atoms with Crippen molar-refractivity contribution in [3.8, 4) is 0 Å². The van der Waals surface area contributed by atoms with Gasteiger partial charge in [0.25, 0.3) is 0 Å². The number of nitrogens with zero attached hydrogens (tertiary/aromatic N) is 4. The summed E-state index contributed by atoms with van der Waals surface area (Å²) in [4.78, 5) is 14.5. The molecule has 9 heteroatoms. The maximum atomic E-state index is 12.8. The number of fused-ring (bicyclic) bond motifs is 1. The third kappa shape index (κ3) is 4.33. The van der Waals surface area contributed by atoms with Crippen molar-refractivity contribution in [3.63, 3.8) is 0 Å². The third-order valence-corrected chi connectivity index (χ3v) is 6.82. The van der Waals surface area contributed by atoms with Crippen molar-refractivity contribution < 1.29 is 13.2 Å². The first-order valence-electron chi connectivity index (χ1n) is 8.28. The number of carbonyl (C=O) groups is 1. The van der Waals surface area contributed by atoms with E-state index in [9.17, 15) is 13.2 Å². The highest BCUT2D eigenvalue weighted by Gasteiger charge is 2.34. The number of amides is 1. The van der Waals surface area contributed by atoms with Gasteiger partial charge in [-0.1, -0.05) is 31.7 Å². The molecule has 7 nitrogen and oxygen atoms in total. The van der Waals surface area contributed by atoms with E-state index in [4.69, 9.17) is 0 Å². The van der Waals surface area contributed by atoms with Gasteiger partial charge < -0.3 is 4.90 Å². The lowest BCUT2D eigenvalue weighted by molar-refractivity contribution is -0.130. The Bertz CT molecular complexity index is 863. The van der Waals surface area contributed by atoms with Crippen LogP contribution in [0, 0.1) is 5.92 Å². The second kappa shape index (κ2) is 7.33. The molecular formula is C16H22N4O3S2. The molecule has 0 spiro atoms. The molecule has 1 amide bonds. The molecule has 1 aliphatic rings. The molecule has 136 valence electrons.